The summed E-state index contributed by atoms with van der Waals surface area (Å²) in [5, 5.41) is 4.58. The SMILES string of the molecule is CC1CC(c2cnc3ccc(OCCCN4CCN(C)CC4)nn23)=CN=C1F. The van der Waals surface area contributed by atoms with Crippen molar-refractivity contribution < 1.29 is 9.13 Å². The largest absolute Gasteiger partial charge is 0.477 e. The Hall–Kier alpha value is -2.32. The minimum Gasteiger partial charge on any atom is -0.477 e. The highest BCUT2D eigenvalue weighted by molar-refractivity contribution is 5.84. The number of aliphatic imine (C=N–C) groups is 1. The highest BCUT2D eigenvalue weighted by Crippen LogP contribution is 2.28. The van der Waals surface area contributed by atoms with E-state index in [-0.39, 0.29) is 11.9 Å². The zero-order valence-electron chi connectivity index (χ0n) is 16.5. The quantitative estimate of drug-likeness (QED) is 0.714. The number of ether oxygens (including phenoxy) is 1. The Morgan fingerprint density at radius 1 is 1.21 bits per heavy atom. The second-order valence-corrected chi connectivity index (χ2v) is 7.64. The number of imidazole rings is 1. The molecule has 7 nitrogen and oxygen atoms in total. The fraction of sp³-hybridized carbons (Fsp3) is 0.550. The molecule has 0 bridgehead atoms. The summed E-state index contributed by atoms with van der Waals surface area (Å²) in [6.45, 7) is 8.00. The van der Waals surface area contributed by atoms with Crippen molar-refractivity contribution in [1.29, 1.82) is 0 Å². The van der Waals surface area contributed by atoms with Gasteiger partial charge in [-0.25, -0.2) is 14.5 Å². The summed E-state index contributed by atoms with van der Waals surface area (Å²) in [6, 6.07) is 3.74. The zero-order valence-corrected chi connectivity index (χ0v) is 16.5. The maximum atomic E-state index is 13.5. The molecule has 0 saturated carbocycles. The summed E-state index contributed by atoms with van der Waals surface area (Å²) in [7, 11) is 2.17. The van der Waals surface area contributed by atoms with Gasteiger partial charge in [0.25, 0.3) is 0 Å². The second kappa shape index (κ2) is 8.36. The number of fused-ring (bicyclic) bond motifs is 1. The molecule has 0 spiro atoms. The Morgan fingerprint density at radius 2 is 2.04 bits per heavy atom. The zero-order chi connectivity index (χ0) is 19.5. The number of rotatable bonds is 6. The molecule has 0 radical (unpaired) electrons. The van der Waals surface area contributed by atoms with E-state index in [1.54, 1.807) is 16.9 Å². The predicted octanol–water partition coefficient (Wildman–Crippen LogP) is 2.49. The summed E-state index contributed by atoms with van der Waals surface area (Å²) in [4.78, 5) is 13.1. The Balaban J connectivity index is 1.38. The average molecular weight is 386 g/mol. The van der Waals surface area contributed by atoms with Crippen LogP contribution in [-0.2, 0) is 0 Å². The average Bonchev–Trinajstić information content (AvgIpc) is 3.12. The molecule has 8 heteroatoms. The summed E-state index contributed by atoms with van der Waals surface area (Å²) in [6.07, 6.45) is 4.89. The summed E-state index contributed by atoms with van der Waals surface area (Å²) in [5.41, 5.74) is 2.51. The van der Waals surface area contributed by atoms with Gasteiger partial charge >= 0.3 is 0 Å². The molecule has 2 aromatic rings. The van der Waals surface area contributed by atoms with Crippen molar-refractivity contribution in [3.05, 3.63) is 30.2 Å². The van der Waals surface area contributed by atoms with E-state index in [2.05, 4.69) is 31.9 Å². The van der Waals surface area contributed by atoms with Gasteiger partial charge in [0.15, 0.2) is 11.6 Å². The lowest BCUT2D eigenvalue weighted by Gasteiger charge is -2.32. The van der Waals surface area contributed by atoms with Gasteiger partial charge in [0.1, 0.15) is 0 Å². The van der Waals surface area contributed by atoms with Crippen LogP contribution in [0.1, 0.15) is 25.5 Å². The molecule has 2 aromatic heterocycles. The summed E-state index contributed by atoms with van der Waals surface area (Å²) in [5.74, 6) is 0.0266. The standard InChI is InChI=1S/C20H27FN6O/c1-15-12-16(13-23-20(15)21)17-14-22-18-4-5-19(24-27(17)18)28-11-3-6-26-9-7-25(2)8-10-26/h4-5,13-15H,3,6-12H2,1-2H3. The number of hydrogen-bond acceptors (Lipinski definition) is 6. The van der Waals surface area contributed by atoms with E-state index in [9.17, 15) is 4.39 Å². The van der Waals surface area contributed by atoms with Gasteiger partial charge in [0.05, 0.1) is 18.5 Å². The lowest BCUT2D eigenvalue weighted by Crippen LogP contribution is -2.44. The number of likely N-dealkylation sites (N-methyl/N-ethyl adjacent to an activating group) is 1. The molecular weight excluding hydrogens is 359 g/mol. The van der Waals surface area contributed by atoms with Crippen LogP contribution in [0.25, 0.3) is 11.2 Å². The van der Waals surface area contributed by atoms with Crippen LogP contribution in [-0.4, -0.2) is 76.7 Å². The van der Waals surface area contributed by atoms with E-state index >= 15 is 0 Å². The van der Waals surface area contributed by atoms with Crippen molar-refractivity contribution in [1.82, 2.24) is 24.4 Å². The van der Waals surface area contributed by atoms with Crippen LogP contribution in [0.5, 0.6) is 5.88 Å². The number of hydrogen-bond donors (Lipinski definition) is 0. The van der Waals surface area contributed by atoms with Crippen LogP contribution in [0.4, 0.5) is 4.39 Å². The molecule has 4 rings (SSSR count). The van der Waals surface area contributed by atoms with Gasteiger partial charge < -0.3 is 14.5 Å². The summed E-state index contributed by atoms with van der Waals surface area (Å²) >= 11 is 0. The normalized spacial score (nSPS) is 21.6. The first kappa shape index (κ1) is 19.0. The molecule has 0 aliphatic carbocycles. The van der Waals surface area contributed by atoms with Crippen LogP contribution in [0, 0.1) is 5.92 Å². The molecule has 28 heavy (non-hydrogen) atoms. The molecule has 1 unspecified atom stereocenters. The van der Waals surface area contributed by atoms with E-state index < -0.39 is 0 Å². The van der Waals surface area contributed by atoms with Crippen LogP contribution >= 0.6 is 0 Å². The minimum atomic E-state index is -0.324. The van der Waals surface area contributed by atoms with E-state index in [1.165, 1.54) is 0 Å². The van der Waals surface area contributed by atoms with Gasteiger partial charge in [-0.1, -0.05) is 6.92 Å². The maximum Gasteiger partial charge on any atom is 0.231 e. The van der Waals surface area contributed by atoms with E-state index in [1.807, 2.05) is 19.1 Å². The highest BCUT2D eigenvalue weighted by Gasteiger charge is 2.20. The highest BCUT2D eigenvalue weighted by atomic mass is 19.1. The molecule has 150 valence electrons. The molecule has 0 amide bonds. The minimum absolute atomic E-state index is 0.223. The fourth-order valence-corrected chi connectivity index (χ4v) is 3.59. The van der Waals surface area contributed by atoms with Crippen molar-refractivity contribution in [2.24, 2.45) is 10.9 Å². The first-order valence-corrected chi connectivity index (χ1v) is 9.91. The Morgan fingerprint density at radius 3 is 2.82 bits per heavy atom. The lowest BCUT2D eigenvalue weighted by molar-refractivity contribution is 0.145. The smallest absolute Gasteiger partial charge is 0.231 e. The number of nitrogens with zero attached hydrogens (tertiary/aromatic N) is 6. The van der Waals surface area contributed by atoms with Crippen molar-refractivity contribution in [2.75, 3.05) is 46.4 Å². The van der Waals surface area contributed by atoms with Crippen LogP contribution in [0.2, 0.25) is 0 Å². The van der Waals surface area contributed by atoms with Crippen molar-refractivity contribution >= 4 is 17.2 Å². The van der Waals surface area contributed by atoms with Gasteiger partial charge in [-0.15, -0.1) is 5.10 Å². The third-order valence-electron chi connectivity index (χ3n) is 5.41. The topological polar surface area (TPSA) is 58.3 Å². The molecule has 1 saturated heterocycles. The molecule has 2 aliphatic rings. The Bertz CT molecular complexity index is 884. The van der Waals surface area contributed by atoms with E-state index in [0.29, 0.717) is 18.9 Å². The van der Waals surface area contributed by atoms with E-state index in [4.69, 9.17) is 4.74 Å². The fourth-order valence-electron chi connectivity index (χ4n) is 3.59. The van der Waals surface area contributed by atoms with Gasteiger partial charge in [-0.2, -0.15) is 4.39 Å². The van der Waals surface area contributed by atoms with Crippen molar-refractivity contribution in [2.45, 2.75) is 19.8 Å². The van der Waals surface area contributed by atoms with Gasteiger partial charge in [-0.05, 0) is 31.5 Å². The molecular formula is C20H27FN6O. The van der Waals surface area contributed by atoms with Gasteiger partial charge in [-0.3, -0.25) is 0 Å². The molecule has 1 atom stereocenters. The lowest BCUT2D eigenvalue weighted by atomic mass is 9.98. The summed E-state index contributed by atoms with van der Waals surface area (Å²) < 4.78 is 21.2. The molecule has 0 N–H and O–H groups in total. The van der Waals surface area contributed by atoms with Crippen LogP contribution in [0.3, 0.4) is 0 Å². The molecule has 0 aromatic carbocycles. The third-order valence-corrected chi connectivity index (χ3v) is 5.41. The van der Waals surface area contributed by atoms with Crippen LogP contribution < -0.4 is 4.74 Å². The predicted molar refractivity (Wildman–Crippen MR) is 107 cm³/mol. The van der Waals surface area contributed by atoms with Crippen LogP contribution in [0.15, 0.2) is 29.5 Å². The van der Waals surface area contributed by atoms with Crippen molar-refractivity contribution in [3.63, 3.8) is 0 Å². The first-order valence-electron chi connectivity index (χ1n) is 9.91. The number of allylic oxidation sites excluding steroid dienone is 1. The third kappa shape index (κ3) is 4.23. The van der Waals surface area contributed by atoms with Gasteiger partial charge in [0.2, 0.25) is 5.88 Å². The monoisotopic (exact) mass is 386 g/mol. The molecule has 1 fully saturated rings. The molecule has 2 aliphatic heterocycles. The van der Waals surface area contributed by atoms with Crippen molar-refractivity contribution in [3.8, 4) is 5.88 Å². The first-order chi connectivity index (χ1) is 13.6. The Kier molecular flexibility index (Phi) is 5.68. The number of piperazine rings is 1. The van der Waals surface area contributed by atoms with Gasteiger partial charge in [0, 0.05) is 50.9 Å². The Labute approximate surface area is 164 Å². The number of aromatic nitrogens is 3. The van der Waals surface area contributed by atoms with E-state index in [0.717, 1.165) is 56.1 Å². The second-order valence-electron chi connectivity index (χ2n) is 7.64. The molecule has 4 heterocycles. The maximum absolute atomic E-state index is 13.5. The number of halogens is 1.